The van der Waals surface area contributed by atoms with Crippen molar-refractivity contribution in [1.29, 1.82) is 0 Å². The van der Waals surface area contributed by atoms with Gasteiger partial charge in [0.05, 0.1) is 10.0 Å². The van der Waals surface area contributed by atoms with Crippen molar-refractivity contribution in [3.05, 3.63) is 56.3 Å². The van der Waals surface area contributed by atoms with Gasteiger partial charge in [0.1, 0.15) is 0 Å². The van der Waals surface area contributed by atoms with E-state index in [1.165, 1.54) is 0 Å². The van der Waals surface area contributed by atoms with Crippen molar-refractivity contribution in [2.45, 2.75) is 78.2 Å². The van der Waals surface area contributed by atoms with Gasteiger partial charge in [-0.1, -0.05) is 57.0 Å². The molecule has 164 valence electrons. The van der Waals surface area contributed by atoms with E-state index in [0.29, 0.717) is 28.9 Å². The van der Waals surface area contributed by atoms with Crippen LogP contribution in [0, 0.1) is 10.8 Å². The number of carbonyl (C=O) groups is 2. The number of benzene rings is 1. The van der Waals surface area contributed by atoms with Crippen molar-refractivity contribution in [3.63, 3.8) is 0 Å². The molecule has 0 unspecified atom stereocenters. The second-order valence-corrected chi connectivity index (χ2v) is 12.1. The van der Waals surface area contributed by atoms with Gasteiger partial charge in [0.25, 0.3) is 0 Å². The highest BCUT2D eigenvalue weighted by Crippen LogP contribution is 2.56. The number of allylic oxidation sites excluding steroid dienone is 4. The molecule has 3 aliphatic carbocycles. The Morgan fingerprint density at radius 1 is 0.806 bits per heavy atom. The predicted molar refractivity (Wildman–Crippen MR) is 124 cm³/mol. The minimum Gasteiger partial charge on any atom is -0.345 e. The van der Waals surface area contributed by atoms with E-state index in [-0.39, 0.29) is 28.3 Å². The highest BCUT2D eigenvalue weighted by Gasteiger charge is 2.51. The summed E-state index contributed by atoms with van der Waals surface area (Å²) in [5.41, 5.74) is 4.64. The first-order valence-corrected chi connectivity index (χ1v) is 12.0. The number of carbonyl (C=O) groups excluding carboxylic acids is 2. The largest absolute Gasteiger partial charge is 0.345 e. The van der Waals surface area contributed by atoms with Gasteiger partial charge < -0.3 is 4.90 Å². The van der Waals surface area contributed by atoms with E-state index in [1.54, 1.807) is 6.07 Å². The summed E-state index contributed by atoms with van der Waals surface area (Å²) in [5.74, 6) is -0.0173. The van der Waals surface area contributed by atoms with E-state index in [0.717, 1.165) is 53.8 Å². The number of hydrogen-bond acceptors (Lipinski definition) is 3. The van der Waals surface area contributed by atoms with Crippen LogP contribution in [0.4, 0.5) is 0 Å². The molecule has 0 amide bonds. The number of halogens is 2. The summed E-state index contributed by atoms with van der Waals surface area (Å²) >= 11 is 12.6. The molecule has 1 aliphatic heterocycles. The SMILES string of the molecule is CC1(C)CC(=O)C2=C(C1)N(C1CC1)C1=C(C(=O)CC(C)(C)C1)C2c1ccc(Cl)c(Cl)c1. The van der Waals surface area contributed by atoms with Crippen molar-refractivity contribution in [2.75, 3.05) is 0 Å². The third kappa shape index (κ3) is 3.58. The summed E-state index contributed by atoms with van der Waals surface area (Å²) in [5, 5.41) is 0.941. The number of Topliss-reactive ketones (excluding diaryl/α,β-unsaturated/α-hetero) is 2. The first kappa shape index (κ1) is 21.3. The summed E-state index contributed by atoms with van der Waals surface area (Å²) in [4.78, 5) is 29.6. The summed E-state index contributed by atoms with van der Waals surface area (Å²) in [7, 11) is 0. The standard InChI is InChI=1S/C26H29Cl2NO2/c1-25(2)10-18-23(20(30)12-25)22(14-5-8-16(27)17(28)9-14)24-19(29(18)15-6-7-15)11-26(3,4)13-21(24)31/h5,8-9,15,22H,6-7,10-13H2,1-4H3. The van der Waals surface area contributed by atoms with E-state index in [2.05, 4.69) is 32.6 Å². The van der Waals surface area contributed by atoms with Gasteiger partial charge in [-0.05, 0) is 54.2 Å². The molecule has 5 rings (SSSR count). The zero-order chi connectivity index (χ0) is 22.3. The molecule has 31 heavy (non-hydrogen) atoms. The highest BCUT2D eigenvalue weighted by molar-refractivity contribution is 6.42. The maximum atomic E-state index is 13.6. The molecule has 1 fully saturated rings. The van der Waals surface area contributed by atoms with Crippen molar-refractivity contribution in [1.82, 2.24) is 4.90 Å². The maximum Gasteiger partial charge on any atom is 0.162 e. The zero-order valence-corrected chi connectivity index (χ0v) is 20.2. The van der Waals surface area contributed by atoms with E-state index in [9.17, 15) is 9.59 Å². The zero-order valence-electron chi connectivity index (χ0n) is 18.6. The van der Waals surface area contributed by atoms with E-state index >= 15 is 0 Å². The van der Waals surface area contributed by atoms with Crippen LogP contribution in [0.15, 0.2) is 40.7 Å². The van der Waals surface area contributed by atoms with Crippen LogP contribution in [0.2, 0.25) is 10.0 Å². The lowest BCUT2D eigenvalue weighted by atomic mass is 9.63. The Kier molecular flexibility index (Phi) is 4.77. The van der Waals surface area contributed by atoms with Gasteiger partial charge >= 0.3 is 0 Å². The van der Waals surface area contributed by atoms with Crippen molar-refractivity contribution in [3.8, 4) is 0 Å². The van der Waals surface area contributed by atoms with E-state index < -0.39 is 0 Å². The van der Waals surface area contributed by atoms with Crippen LogP contribution in [-0.4, -0.2) is 22.5 Å². The molecule has 1 aromatic rings. The fraction of sp³-hybridized carbons (Fsp3) is 0.538. The van der Waals surface area contributed by atoms with Gasteiger partial charge in [0.15, 0.2) is 11.6 Å². The summed E-state index contributed by atoms with van der Waals surface area (Å²) in [6.45, 7) is 8.70. The number of hydrogen-bond donors (Lipinski definition) is 0. The second kappa shape index (κ2) is 6.96. The first-order chi connectivity index (χ1) is 14.5. The Morgan fingerprint density at radius 3 is 1.77 bits per heavy atom. The molecule has 4 aliphatic rings. The lowest BCUT2D eigenvalue weighted by Crippen LogP contribution is -2.45. The predicted octanol–water partition coefficient (Wildman–Crippen LogP) is 6.84. The molecule has 0 bridgehead atoms. The van der Waals surface area contributed by atoms with Crippen LogP contribution < -0.4 is 0 Å². The lowest BCUT2D eigenvalue weighted by Gasteiger charge is -2.49. The average molecular weight is 458 g/mol. The number of rotatable bonds is 2. The van der Waals surface area contributed by atoms with Gasteiger partial charge in [-0.15, -0.1) is 0 Å². The molecule has 0 atom stereocenters. The molecule has 5 heteroatoms. The quantitative estimate of drug-likeness (QED) is 0.487. The third-order valence-corrected chi connectivity index (χ3v) is 7.88. The number of ketones is 2. The van der Waals surface area contributed by atoms with Gasteiger partial charge in [-0.25, -0.2) is 0 Å². The summed E-state index contributed by atoms with van der Waals surface area (Å²) in [6.07, 6.45) is 4.96. The number of nitrogens with zero attached hydrogens (tertiary/aromatic N) is 1. The Bertz CT molecular complexity index is 1020. The van der Waals surface area contributed by atoms with Gasteiger partial charge in [0, 0.05) is 47.3 Å². The molecule has 0 N–H and O–H groups in total. The van der Waals surface area contributed by atoms with Crippen molar-refractivity contribution < 1.29 is 9.59 Å². The Morgan fingerprint density at radius 2 is 1.32 bits per heavy atom. The molecule has 0 aromatic heterocycles. The van der Waals surface area contributed by atoms with Crippen LogP contribution in [0.1, 0.15) is 77.7 Å². The Balaban J connectivity index is 1.78. The minimum atomic E-state index is -0.345. The fourth-order valence-corrected chi connectivity index (χ4v) is 6.10. The van der Waals surface area contributed by atoms with Crippen LogP contribution in [0.3, 0.4) is 0 Å². The summed E-state index contributed by atoms with van der Waals surface area (Å²) < 4.78 is 0. The maximum absolute atomic E-state index is 13.6. The van der Waals surface area contributed by atoms with Gasteiger partial charge in [0.2, 0.25) is 0 Å². The van der Waals surface area contributed by atoms with E-state index in [4.69, 9.17) is 23.2 Å². The molecular formula is C26H29Cl2NO2. The lowest BCUT2D eigenvalue weighted by molar-refractivity contribution is -0.119. The topological polar surface area (TPSA) is 37.4 Å². The van der Waals surface area contributed by atoms with Crippen molar-refractivity contribution in [2.24, 2.45) is 10.8 Å². The first-order valence-electron chi connectivity index (χ1n) is 11.2. The molecule has 0 spiro atoms. The fourth-order valence-electron chi connectivity index (χ4n) is 5.79. The Hall–Kier alpha value is -1.58. The van der Waals surface area contributed by atoms with Crippen LogP contribution in [-0.2, 0) is 9.59 Å². The second-order valence-electron chi connectivity index (χ2n) is 11.3. The minimum absolute atomic E-state index is 0.0858. The molecule has 3 nitrogen and oxygen atoms in total. The van der Waals surface area contributed by atoms with Crippen LogP contribution >= 0.6 is 23.2 Å². The molecule has 1 saturated carbocycles. The van der Waals surface area contributed by atoms with Crippen LogP contribution in [0.25, 0.3) is 0 Å². The molecular weight excluding hydrogens is 429 g/mol. The third-order valence-electron chi connectivity index (χ3n) is 7.14. The molecule has 1 heterocycles. The highest BCUT2D eigenvalue weighted by atomic mass is 35.5. The van der Waals surface area contributed by atoms with Crippen molar-refractivity contribution >= 4 is 34.8 Å². The molecule has 0 radical (unpaired) electrons. The molecule has 0 saturated heterocycles. The van der Waals surface area contributed by atoms with Gasteiger partial charge in [-0.2, -0.15) is 0 Å². The molecule has 1 aromatic carbocycles. The van der Waals surface area contributed by atoms with Crippen LogP contribution in [0.5, 0.6) is 0 Å². The Labute approximate surface area is 194 Å². The normalized spacial score (nSPS) is 25.7. The summed E-state index contributed by atoms with van der Waals surface area (Å²) in [6, 6.07) is 5.96. The smallest absolute Gasteiger partial charge is 0.162 e. The van der Waals surface area contributed by atoms with Gasteiger partial charge in [-0.3, -0.25) is 9.59 Å². The van der Waals surface area contributed by atoms with E-state index in [1.807, 2.05) is 12.1 Å². The average Bonchev–Trinajstić information content (AvgIpc) is 3.45. The monoisotopic (exact) mass is 457 g/mol.